The van der Waals surface area contributed by atoms with Crippen LogP contribution in [0.4, 0.5) is 0 Å². The molecular weight excluding hydrogens is 659 g/mol. The molecule has 4 fully saturated rings. The van der Waals surface area contributed by atoms with Crippen molar-refractivity contribution in [2.24, 2.45) is 56.7 Å². The van der Waals surface area contributed by atoms with Crippen molar-refractivity contribution in [3.8, 4) is 0 Å². The van der Waals surface area contributed by atoms with E-state index in [0.717, 1.165) is 62.2 Å². The molecule has 0 aromatic heterocycles. The van der Waals surface area contributed by atoms with Crippen molar-refractivity contribution >= 4 is 37.5 Å². The Labute approximate surface area is 293 Å². The van der Waals surface area contributed by atoms with Crippen LogP contribution in [0.2, 0.25) is 0 Å². The highest BCUT2D eigenvalue weighted by Gasteiger charge is 2.72. The Morgan fingerprint density at radius 3 is 1.98 bits per heavy atom. The summed E-state index contributed by atoms with van der Waals surface area (Å²) in [5.74, 6) is -0.850. The monoisotopic (exact) mass is 713 g/mol. The third kappa shape index (κ3) is 5.07. The van der Waals surface area contributed by atoms with Gasteiger partial charge in [0.05, 0.1) is 23.5 Å². The number of carbonyl (C=O) groups excluding carboxylic acids is 1. The molecule has 6 rings (SSSR count). The number of allylic oxidation sites excluding steroid dienone is 3. The van der Waals surface area contributed by atoms with Gasteiger partial charge in [-0.2, -0.15) is 0 Å². The highest BCUT2D eigenvalue weighted by molar-refractivity contribution is 8.04. The smallest absolute Gasteiger partial charge is 0.335 e. The van der Waals surface area contributed by atoms with Gasteiger partial charge < -0.3 is 5.11 Å². The summed E-state index contributed by atoms with van der Waals surface area (Å²) in [6.45, 7) is 18.5. The Morgan fingerprint density at radius 1 is 0.816 bits per heavy atom. The molecule has 5 aliphatic carbocycles. The average molecular weight is 714 g/mol. The molecule has 0 spiro atoms. The first-order valence-corrected chi connectivity index (χ1v) is 21.6. The quantitative estimate of drug-likeness (QED) is 0.299. The number of nitrogens with zero attached hydrogens (tertiary/aromatic N) is 1. The van der Waals surface area contributed by atoms with Gasteiger partial charge in [0.1, 0.15) is 0 Å². The number of benzene rings is 1. The van der Waals surface area contributed by atoms with Gasteiger partial charge in [-0.3, -0.25) is 4.79 Å². The van der Waals surface area contributed by atoms with Crippen molar-refractivity contribution in [3.05, 3.63) is 53.6 Å². The molecule has 0 bridgehead atoms. The number of rotatable bonds is 6. The molecule has 0 saturated heterocycles. The number of hydrogen-bond donors (Lipinski definition) is 1. The predicted octanol–water partition coefficient (Wildman–Crippen LogP) is 7.78. The van der Waals surface area contributed by atoms with Crippen molar-refractivity contribution < 1.29 is 31.5 Å². The fourth-order valence-electron chi connectivity index (χ4n) is 13.1. The molecular formula is C39H55NO7S2. The Kier molecular flexibility index (Phi) is 8.36. The summed E-state index contributed by atoms with van der Waals surface area (Å²) in [6.07, 6.45) is 11.4. The van der Waals surface area contributed by atoms with Crippen LogP contribution in [0, 0.1) is 56.7 Å². The number of hydrogen-bond acceptors (Lipinski definition) is 6. The second-order valence-corrected chi connectivity index (χ2v) is 21.7. The lowest BCUT2D eigenvalue weighted by Gasteiger charge is -2.72. The Balaban J connectivity index is 1.39. The summed E-state index contributed by atoms with van der Waals surface area (Å²) in [5, 5.41) is 9.45. The van der Waals surface area contributed by atoms with Crippen molar-refractivity contribution in [3.63, 3.8) is 0 Å². The Hall–Kier alpha value is -2.46. The average Bonchev–Trinajstić information content (AvgIpc) is 3.37. The number of aromatic carboxylic acids is 1. The zero-order valence-electron chi connectivity index (χ0n) is 30.5. The zero-order valence-corrected chi connectivity index (χ0v) is 32.1. The van der Waals surface area contributed by atoms with E-state index in [2.05, 4.69) is 47.3 Å². The van der Waals surface area contributed by atoms with Gasteiger partial charge in [0, 0.05) is 0 Å². The van der Waals surface area contributed by atoms with Crippen LogP contribution >= 0.6 is 0 Å². The second-order valence-electron chi connectivity index (χ2n) is 17.8. The molecule has 10 heteroatoms. The first-order valence-electron chi connectivity index (χ1n) is 17.9. The lowest BCUT2D eigenvalue weighted by Crippen LogP contribution is -2.66. The van der Waals surface area contributed by atoms with Gasteiger partial charge in [-0.05, 0) is 139 Å². The predicted molar refractivity (Wildman–Crippen MR) is 192 cm³/mol. The van der Waals surface area contributed by atoms with E-state index >= 15 is 0 Å². The lowest BCUT2D eigenvalue weighted by atomic mass is 9.32. The van der Waals surface area contributed by atoms with E-state index in [1.54, 1.807) is 12.1 Å². The molecule has 5 aliphatic rings. The number of carbonyl (C=O) groups is 2. The van der Waals surface area contributed by atoms with Crippen LogP contribution < -0.4 is 0 Å². The molecule has 0 aliphatic heterocycles. The third-order valence-corrected chi connectivity index (χ3v) is 18.4. The fraction of sp³-hybridized carbons (Fsp3) is 0.692. The Bertz CT molecular complexity index is 1810. The van der Waals surface area contributed by atoms with E-state index in [4.69, 9.17) is 0 Å². The van der Waals surface area contributed by atoms with Gasteiger partial charge in [0.15, 0.2) is 0 Å². The van der Waals surface area contributed by atoms with Crippen molar-refractivity contribution in [2.45, 2.75) is 99.3 Å². The minimum Gasteiger partial charge on any atom is -0.478 e. The van der Waals surface area contributed by atoms with E-state index in [-0.39, 0.29) is 48.7 Å². The number of carboxylic acids is 1. The highest BCUT2D eigenvalue weighted by atomic mass is 32.3. The largest absolute Gasteiger partial charge is 0.478 e. The van der Waals surface area contributed by atoms with Gasteiger partial charge in [0.25, 0.3) is 5.91 Å². The summed E-state index contributed by atoms with van der Waals surface area (Å²) in [7, 11) is -8.70. The molecule has 270 valence electrons. The van der Waals surface area contributed by atoms with Crippen molar-refractivity contribution in [2.75, 3.05) is 12.5 Å². The molecule has 1 aromatic carbocycles. The summed E-state index contributed by atoms with van der Waals surface area (Å²) >= 11 is 0. The van der Waals surface area contributed by atoms with Gasteiger partial charge in [-0.25, -0.2) is 21.6 Å². The zero-order chi connectivity index (χ0) is 36.3. The fourth-order valence-corrected chi connectivity index (χ4v) is 16.1. The number of amides is 1. The van der Waals surface area contributed by atoms with Crippen LogP contribution in [-0.4, -0.2) is 50.0 Å². The molecule has 1 amide bonds. The van der Waals surface area contributed by atoms with Gasteiger partial charge >= 0.3 is 5.97 Å². The molecule has 9 atom stereocenters. The summed E-state index contributed by atoms with van der Waals surface area (Å²) in [4.78, 5) is 26.0. The summed E-state index contributed by atoms with van der Waals surface area (Å²) in [6, 6.07) is 7.29. The number of fused-ring (bicyclic) bond motifs is 7. The first-order chi connectivity index (χ1) is 22.5. The van der Waals surface area contributed by atoms with Crippen LogP contribution in [0.1, 0.15) is 115 Å². The van der Waals surface area contributed by atoms with E-state index in [9.17, 15) is 31.5 Å². The molecule has 0 heterocycles. The molecule has 1 N–H and O–H groups in total. The van der Waals surface area contributed by atoms with Crippen LogP contribution in [0.5, 0.6) is 0 Å². The van der Waals surface area contributed by atoms with E-state index in [1.165, 1.54) is 5.57 Å². The molecule has 49 heavy (non-hydrogen) atoms. The molecule has 8 nitrogen and oxygen atoms in total. The maximum Gasteiger partial charge on any atom is 0.335 e. The SMILES string of the molecule is C=C(C)[C@@H]1CC[C@]2(C(=O)N(S(C)(=O)=O)S(C)(=O)=O)CC[C@]3(C)[C@H](CC[C@@H]4[C@@]5(C)CC=C(c6ccc(C(=O)O)cc6)C(C)(C)[C@@H]5CC[C@]43C)[C@@H]12. The second kappa shape index (κ2) is 11.3. The topological polar surface area (TPSA) is 126 Å². The standard InChI is InChI=1S/C39H55NO7S2/c1-24(2)27-16-21-39(34(43)40(48(8,44)45)49(9,46)47)23-22-37(6)29(32(27)39)14-15-31-36(5)19-17-28(25-10-12-26(13-11-25)33(41)42)35(3,4)30(36)18-20-38(31,37)7/h10-13,17,27,29-32H,1,14-16,18-23H2,2-9H3,(H,41,42)/t27-,29+,30-,31+,32+,36-,37+,38+,39-/m0/s1. The first kappa shape index (κ1) is 36.3. The maximum atomic E-state index is 14.5. The highest BCUT2D eigenvalue weighted by Crippen LogP contribution is 2.78. The van der Waals surface area contributed by atoms with Crippen LogP contribution in [0.3, 0.4) is 0 Å². The molecule has 0 radical (unpaired) electrons. The normalized spacial score (nSPS) is 39.8. The van der Waals surface area contributed by atoms with Crippen molar-refractivity contribution in [1.29, 1.82) is 0 Å². The maximum absolute atomic E-state index is 14.5. The van der Waals surface area contributed by atoms with Crippen LogP contribution in [0.15, 0.2) is 42.5 Å². The molecule has 1 aromatic rings. The number of carboxylic acid groups (broad SMARTS) is 1. The minimum absolute atomic E-state index is 0.0215. The molecule has 4 saturated carbocycles. The van der Waals surface area contributed by atoms with Gasteiger partial charge in [-0.15, -0.1) is 3.71 Å². The third-order valence-electron chi connectivity index (χ3n) is 15.3. The summed E-state index contributed by atoms with van der Waals surface area (Å²) in [5.41, 5.74) is 2.33. The van der Waals surface area contributed by atoms with Crippen LogP contribution in [0.25, 0.3) is 5.57 Å². The van der Waals surface area contributed by atoms with E-state index < -0.39 is 37.3 Å². The summed E-state index contributed by atoms with van der Waals surface area (Å²) < 4.78 is 51.8. The van der Waals surface area contributed by atoms with Gasteiger partial charge in [0.2, 0.25) is 20.0 Å². The van der Waals surface area contributed by atoms with Gasteiger partial charge in [-0.1, -0.05) is 65.0 Å². The van der Waals surface area contributed by atoms with Crippen LogP contribution in [-0.2, 0) is 24.8 Å². The lowest BCUT2D eigenvalue weighted by molar-refractivity contribution is -0.225. The molecule has 0 unspecified atom stereocenters. The minimum atomic E-state index is -4.35. The number of sulfonamides is 2. The van der Waals surface area contributed by atoms with Crippen molar-refractivity contribution in [1.82, 2.24) is 3.71 Å². The van der Waals surface area contributed by atoms with E-state index in [0.29, 0.717) is 31.1 Å². The van der Waals surface area contributed by atoms with E-state index in [1.807, 2.05) is 19.1 Å². The Morgan fingerprint density at radius 2 is 1.43 bits per heavy atom.